The van der Waals surface area contributed by atoms with Gasteiger partial charge in [0.2, 0.25) is 0 Å². The summed E-state index contributed by atoms with van der Waals surface area (Å²) in [5.41, 5.74) is 5.58. The molecule has 2 N–H and O–H groups in total. The van der Waals surface area contributed by atoms with Crippen molar-refractivity contribution in [2.24, 2.45) is 11.7 Å². The van der Waals surface area contributed by atoms with E-state index in [9.17, 15) is 4.79 Å². The predicted molar refractivity (Wildman–Crippen MR) is 73.8 cm³/mol. The Morgan fingerprint density at radius 1 is 1.39 bits per heavy atom. The van der Waals surface area contributed by atoms with E-state index >= 15 is 0 Å². The molecule has 0 bridgehead atoms. The number of hydrogen-bond donors (Lipinski definition) is 1. The van der Waals surface area contributed by atoms with Gasteiger partial charge in [-0.05, 0) is 31.6 Å². The third-order valence-electron chi connectivity index (χ3n) is 4.00. The minimum atomic E-state index is -0.233. The molecule has 0 spiro atoms. The molecule has 2 aliphatic heterocycles. The zero-order chi connectivity index (χ0) is 12.4. The molecule has 1 amide bonds. The third-order valence-corrected chi connectivity index (χ3v) is 4.00. The highest BCUT2D eigenvalue weighted by Crippen LogP contribution is 2.28. The summed E-state index contributed by atoms with van der Waals surface area (Å²) in [6.07, 6.45) is 3.87. The molecule has 0 radical (unpaired) electrons. The number of amides is 1. The van der Waals surface area contributed by atoms with Crippen LogP contribution >= 0.6 is 12.4 Å². The van der Waals surface area contributed by atoms with Gasteiger partial charge in [-0.15, -0.1) is 12.4 Å². The molecular weight excluding hydrogens is 252 g/mol. The first-order chi connectivity index (χ1) is 8.13. The van der Waals surface area contributed by atoms with Crippen molar-refractivity contribution < 1.29 is 9.53 Å². The molecule has 0 aromatic rings. The van der Waals surface area contributed by atoms with Crippen LogP contribution in [0.25, 0.3) is 0 Å². The van der Waals surface area contributed by atoms with E-state index in [0.717, 1.165) is 32.2 Å². The Hall–Kier alpha value is -0.320. The molecule has 2 heterocycles. The number of nitrogens with two attached hydrogens (primary N) is 1. The fraction of sp³-hybridized carbons (Fsp3) is 0.923. The molecule has 2 saturated heterocycles. The van der Waals surface area contributed by atoms with E-state index in [0.29, 0.717) is 18.5 Å². The summed E-state index contributed by atoms with van der Waals surface area (Å²) in [5.74, 6) is 0.727. The number of carbonyl (C=O) groups excluding carboxylic acids is 1. The summed E-state index contributed by atoms with van der Waals surface area (Å²) in [7, 11) is 0. The average Bonchev–Trinajstić information content (AvgIpc) is 2.97. The Morgan fingerprint density at radius 2 is 2.11 bits per heavy atom. The smallest absolute Gasteiger partial charge is 0.251 e. The molecule has 2 fully saturated rings. The summed E-state index contributed by atoms with van der Waals surface area (Å²) in [4.78, 5) is 14.4. The van der Waals surface area contributed by atoms with Gasteiger partial charge in [-0.2, -0.15) is 0 Å². The molecule has 5 heteroatoms. The van der Waals surface area contributed by atoms with Crippen LogP contribution in [0.5, 0.6) is 0 Å². The first-order valence-electron chi connectivity index (χ1n) is 6.79. The molecule has 0 aromatic carbocycles. The molecule has 0 aromatic heterocycles. The fourth-order valence-corrected chi connectivity index (χ4v) is 3.00. The summed E-state index contributed by atoms with van der Waals surface area (Å²) in [5, 5.41) is 0. The van der Waals surface area contributed by atoms with Crippen LogP contribution in [0.3, 0.4) is 0 Å². The lowest BCUT2D eigenvalue weighted by Crippen LogP contribution is -2.44. The standard InChI is InChI=1S/C13H24N2O2.ClH/c1-9(2)11-4-3-7-15(11)13(16)12-6-5-10(8-14)17-12;/h9-12H,3-8,14H2,1-2H3;1H/t10-,11?,12+;/m1./s1. The average molecular weight is 277 g/mol. The zero-order valence-corrected chi connectivity index (χ0v) is 12.1. The maximum absolute atomic E-state index is 12.4. The second-order valence-electron chi connectivity index (χ2n) is 5.55. The first-order valence-corrected chi connectivity index (χ1v) is 6.79. The fourth-order valence-electron chi connectivity index (χ4n) is 3.00. The largest absolute Gasteiger partial charge is 0.364 e. The third kappa shape index (κ3) is 3.16. The van der Waals surface area contributed by atoms with Crippen molar-refractivity contribution in [2.75, 3.05) is 13.1 Å². The van der Waals surface area contributed by atoms with Gasteiger partial charge >= 0.3 is 0 Å². The van der Waals surface area contributed by atoms with Gasteiger partial charge in [-0.3, -0.25) is 4.79 Å². The van der Waals surface area contributed by atoms with Gasteiger partial charge < -0.3 is 15.4 Å². The number of ether oxygens (including phenoxy) is 1. The summed E-state index contributed by atoms with van der Waals surface area (Å²) in [6, 6.07) is 0.406. The van der Waals surface area contributed by atoms with Crippen LogP contribution in [0.4, 0.5) is 0 Å². The van der Waals surface area contributed by atoms with Gasteiger partial charge in [0.25, 0.3) is 5.91 Å². The number of nitrogens with zero attached hydrogens (tertiary/aromatic N) is 1. The van der Waals surface area contributed by atoms with E-state index in [1.165, 1.54) is 0 Å². The van der Waals surface area contributed by atoms with E-state index < -0.39 is 0 Å². The lowest BCUT2D eigenvalue weighted by Gasteiger charge is -2.29. The van der Waals surface area contributed by atoms with Gasteiger partial charge in [-0.1, -0.05) is 13.8 Å². The molecule has 3 atom stereocenters. The molecule has 106 valence electrons. The van der Waals surface area contributed by atoms with Gasteiger partial charge in [0, 0.05) is 19.1 Å². The minimum absolute atomic E-state index is 0. The Kier molecular flexibility index (Phi) is 5.89. The van der Waals surface area contributed by atoms with Gasteiger partial charge in [-0.25, -0.2) is 0 Å². The molecule has 2 rings (SSSR count). The highest BCUT2D eigenvalue weighted by molar-refractivity contribution is 5.85. The van der Waals surface area contributed by atoms with Gasteiger partial charge in [0.05, 0.1) is 6.10 Å². The lowest BCUT2D eigenvalue weighted by atomic mass is 10.0. The number of halogens is 1. The van der Waals surface area contributed by atoms with Crippen LogP contribution in [0, 0.1) is 5.92 Å². The Balaban J connectivity index is 0.00000162. The van der Waals surface area contributed by atoms with Crippen LogP contribution in [0.1, 0.15) is 39.5 Å². The maximum Gasteiger partial charge on any atom is 0.251 e. The van der Waals surface area contributed by atoms with E-state index in [2.05, 4.69) is 13.8 Å². The van der Waals surface area contributed by atoms with Crippen LogP contribution in [0.15, 0.2) is 0 Å². The van der Waals surface area contributed by atoms with Crippen molar-refractivity contribution in [3.8, 4) is 0 Å². The second kappa shape index (κ2) is 6.73. The quantitative estimate of drug-likeness (QED) is 0.851. The van der Waals surface area contributed by atoms with E-state index in [-0.39, 0.29) is 30.5 Å². The van der Waals surface area contributed by atoms with Gasteiger partial charge in [0.1, 0.15) is 6.10 Å². The summed E-state index contributed by atoms with van der Waals surface area (Å²) in [6.45, 7) is 5.80. The number of hydrogen-bond acceptors (Lipinski definition) is 3. The predicted octanol–water partition coefficient (Wildman–Crippen LogP) is 1.56. The highest BCUT2D eigenvalue weighted by Gasteiger charge is 2.38. The van der Waals surface area contributed by atoms with Gasteiger partial charge in [0.15, 0.2) is 0 Å². The zero-order valence-electron chi connectivity index (χ0n) is 11.3. The molecule has 1 unspecified atom stereocenters. The van der Waals surface area contributed by atoms with Crippen LogP contribution in [-0.2, 0) is 9.53 Å². The SMILES string of the molecule is CC(C)C1CCCN1C(=O)[C@@H]1CC[C@H](CN)O1.Cl. The Bertz CT molecular complexity index is 286. The minimum Gasteiger partial charge on any atom is -0.364 e. The van der Waals surface area contributed by atoms with Crippen molar-refractivity contribution >= 4 is 18.3 Å². The van der Waals surface area contributed by atoms with E-state index in [1.54, 1.807) is 0 Å². The molecule has 4 nitrogen and oxygen atoms in total. The topological polar surface area (TPSA) is 55.6 Å². The molecular formula is C13H25ClN2O2. The summed E-state index contributed by atoms with van der Waals surface area (Å²) < 4.78 is 5.70. The molecule has 0 aliphatic carbocycles. The summed E-state index contributed by atoms with van der Waals surface area (Å²) >= 11 is 0. The monoisotopic (exact) mass is 276 g/mol. The van der Waals surface area contributed by atoms with Crippen LogP contribution in [-0.4, -0.2) is 42.1 Å². The second-order valence-corrected chi connectivity index (χ2v) is 5.55. The lowest BCUT2D eigenvalue weighted by molar-refractivity contribution is -0.144. The van der Waals surface area contributed by atoms with Crippen LogP contribution in [0.2, 0.25) is 0 Å². The number of rotatable bonds is 3. The van der Waals surface area contributed by atoms with Crippen LogP contribution < -0.4 is 5.73 Å². The first kappa shape index (κ1) is 15.7. The van der Waals surface area contributed by atoms with Crippen molar-refractivity contribution in [3.05, 3.63) is 0 Å². The van der Waals surface area contributed by atoms with Crippen molar-refractivity contribution in [3.63, 3.8) is 0 Å². The maximum atomic E-state index is 12.4. The number of likely N-dealkylation sites (tertiary alicyclic amines) is 1. The van der Waals surface area contributed by atoms with Crippen molar-refractivity contribution in [1.82, 2.24) is 4.90 Å². The number of carbonyl (C=O) groups is 1. The van der Waals surface area contributed by atoms with Crippen molar-refractivity contribution in [1.29, 1.82) is 0 Å². The Labute approximate surface area is 116 Å². The Morgan fingerprint density at radius 3 is 2.67 bits per heavy atom. The molecule has 18 heavy (non-hydrogen) atoms. The normalized spacial score (nSPS) is 31.8. The highest BCUT2D eigenvalue weighted by atomic mass is 35.5. The van der Waals surface area contributed by atoms with Crippen molar-refractivity contribution in [2.45, 2.75) is 57.8 Å². The molecule has 0 saturated carbocycles. The molecule has 2 aliphatic rings. The van der Waals surface area contributed by atoms with E-state index in [4.69, 9.17) is 10.5 Å². The van der Waals surface area contributed by atoms with E-state index in [1.807, 2.05) is 4.90 Å².